The van der Waals surface area contributed by atoms with Gasteiger partial charge in [0.1, 0.15) is 0 Å². The summed E-state index contributed by atoms with van der Waals surface area (Å²) >= 11 is 5.87. The minimum absolute atomic E-state index is 0.154. The summed E-state index contributed by atoms with van der Waals surface area (Å²) in [5.74, 6) is -0.990. The fourth-order valence-electron chi connectivity index (χ4n) is 2.71. The summed E-state index contributed by atoms with van der Waals surface area (Å²) in [5.41, 5.74) is 2.69. The van der Waals surface area contributed by atoms with Gasteiger partial charge in [0.05, 0.1) is 11.3 Å². The molecule has 25 heavy (non-hydrogen) atoms. The Bertz CT molecular complexity index is 1100. The average molecular weight is 356 g/mol. The number of carboxylic acids is 1. The molecular formula is C19H11ClFNO3. The lowest BCUT2D eigenvalue weighted by molar-refractivity contribution is 0.0697. The van der Waals surface area contributed by atoms with Crippen molar-refractivity contribution >= 4 is 28.5 Å². The maximum absolute atomic E-state index is 13.9. The highest BCUT2D eigenvalue weighted by atomic mass is 35.5. The van der Waals surface area contributed by atoms with Crippen molar-refractivity contribution in [2.75, 3.05) is 0 Å². The van der Waals surface area contributed by atoms with Crippen LogP contribution in [0.5, 0.6) is 0 Å². The molecule has 2 aromatic carbocycles. The van der Waals surface area contributed by atoms with E-state index in [2.05, 4.69) is 4.98 Å². The smallest absolute Gasteiger partial charge is 0.335 e. The molecule has 2 N–H and O–H groups in total. The largest absolute Gasteiger partial charge is 0.478 e. The van der Waals surface area contributed by atoms with Crippen molar-refractivity contribution in [3.63, 3.8) is 0 Å². The van der Waals surface area contributed by atoms with Gasteiger partial charge in [-0.2, -0.15) is 0 Å². The minimum Gasteiger partial charge on any atom is -0.478 e. The highest BCUT2D eigenvalue weighted by Gasteiger charge is 2.13. The normalized spacial score (nSPS) is 11.1. The predicted octanol–water partition coefficient (Wildman–Crippen LogP) is 5.59. The van der Waals surface area contributed by atoms with Gasteiger partial charge >= 0.3 is 5.97 Å². The van der Waals surface area contributed by atoms with Crippen LogP contribution in [0.25, 0.3) is 33.7 Å². The number of rotatable bonds is 3. The summed E-state index contributed by atoms with van der Waals surface area (Å²) in [6.07, 6.45) is 0. The van der Waals surface area contributed by atoms with Crippen LogP contribution in [-0.4, -0.2) is 16.1 Å². The Labute approximate surface area is 146 Å². The first-order valence-electron chi connectivity index (χ1n) is 7.43. The van der Waals surface area contributed by atoms with Gasteiger partial charge in [-0.3, -0.25) is 0 Å². The standard InChI is InChI=1S/C19H11ClFNO3/c20-13-7-12-8-17(25-18(12)14(21)9-13)16-6-5-15(22-16)10-1-3-11(4-2-10)19(23)24/h1-9,22H,(H,23,24). The van der Waals surface area contributed by atoms with Crippen LogP contribution in [0.1, 0.15) is 10.4 Å². The second-order valence-corrected chi connectivity index (χ2v) is 6.02. The highest BCUT2D eigenvalue weighted by Crippen LogP contribution is 2.32. The van der Waals surface area contributed by atoms with E-state index in [9.17, 15) is 9.18 Å². The number of aromatic amines is 1. The van der Waals surface area contributed by atoms with Crippen molar-refractivity contribution in [1.82, 2.24) is 4.98 Å². The molecule has 4 aromatic rings. The van der Waals surface area contributed by atoms with E-state index in [0.29, 0.717) is 21.9 Å². The van der Waals surface area contributed by atoms with Crippen molar-refractivity contribution in [1.29, 1.82) is 0 Å². The molecule has 4 rings (SSSR count). The van der Waals surface area contributed by atoms with Crippen molar-refractivity contribution in [2.45, 2.75) is 0 Å². The number of carbonyl (C=O) groups is 1. The Morgan fingerprint density at radius 2 is 1.76 bits per heavy atom. The third-order valence-electron chi connectivity index (χ3n) is 3.93. The van der Waals surface area contributed by atoms with Gasteiger partial charge in [0, 0.05) is 16.1 Å². The summed E-state index contributed by atoms with van der Waals surface area (Å²) in [4.78, 5) is 14.1. The van der Waals surface area contributed by atoms with Gasteiger partial charge in [-0.25, -0.2) is 9.18 Å². The molecular weight excluding hydrogens is 345 g/mol. The topological polar surface area (TPSA) is 66.2 Å². The van der Waals surface area contributed by atoms with Gasteiger partial charge < -0.3 is 14.5 Å². The summed E-state index contributed by atoms with van der Waals surface area (Å²) in [6, 6.07) is 14.7. The van der Waals surface area contributed by atoms with E-state index in [1.54, 1.807) is 24.3 Å². The fourth-order valence-corrected chi connectivity index (χ4v) is 2.92. The van der Waals surface area contributed by atoms with Crippen molar-refractivity contribution < 1.29 is 18.7 Å². The number of nitrogens with one attached hydrogen (secondary N) is 1. The van der Waals surface area contributed by atoms with Crippen molar-refractivity contribution in [2.24, 2.45) is 0 Å². The van der Waals surface area contributed by atoms with Gasteiger partial charge in [0.25, 0.3) is 0 Å². The van der Waals surface area contributed by atoms with Crippen LogP contribution in [0, 0.1) is 5.82 Å². The van der Waals surface area contributed by atoms with Crippen LogP contribution >= 0.6 is 11.6 Å². The molecule has 0 spiro atoms. The third kappa shape index (κ3) is 2.79. The van der Waals surface area contributed by atoms with E-state index in [0.717, 1.165) is 11.3 Å². The maximum Gasteiger partial charge on any atom is 0.335 e. The van der Waals surface area contributed by atoms with Crippen LogP contribution in [0.15, 0.2) is 59.0 Å². The molecule has 0 unspecified atom stereocenters. The molecule has 0 aliphatic carbocycles. The molecule has 4 nitrogen and oxygen atoms in total. The lowest BCUT2D eigenvalue weighted by Gasteiger charge is -1.99. The van der Waals surface area contributed by atoms with Gasteiger partial charge in [-0.1, -0.05) is 23.7 Å². The predicted molar refractivity (Wildman–Crippen MR) is 93.4 cm³/mol. The molecule has 124 valence electrons. The molecule has 0 aliphatic rings. The number of aromatic nitrogens is 1. The van der Waals surface area contributed by atoms with E-state index in [1.807, 2.05) is 12.1 Å². The first-order valence-corrected chi connectivity index (χ1v) is 7.81. The van der Waals surface area contributed by atoms with Gasteiger partial charge in [-0.05, 0) is 48.0 Å². The molecule has 0 radical (unpaired) electrons. The van der Waals surface area contributed by atoms with E-state index >= 15 is 0 Å². The van der Waals surface area contributed by atoms with Crippen LogP contribution in [-0.2, 0) is 0 Å². The quantitative estimate of drug-likeness (QED) is 0.503. The third-order valence-corrected chi connectivity index (χ3v) is 4.15. The molecule has 2 aromatic heterocycles. The number of carboxylic acid groups (broad SMARTS) is 1. The first-order chi connectivity index (χ1) is 12.0. The number of hydrogen-bond acceptors (Lipinski definition) is 2. The summed E-state index contributed by atoms with van der Waals surface area (Å²) in [7, 11) is 0. The summed E-state index contributed by atoms with van der Waals surface area (Å²) in [5, 5.41) is 9.84. The Hall–Kier alpha value is -3.05. The van der Waals surface area contributed by atoms with E-state index in [4.69, 9.17) is 21.1 Å². The monoisotopic (exact) mass is 355 g/mol. The molecule has 2 heterocycles. The summed E-state index contributed by atoms with van der Waals surface area (Å²) in [6.45, 7) is 0. The van der Waals surface area contributed by atoms with Gasteiger partial charge in [-0.15, -0.1) is 0 Å². The Morgan fingerprint density at radius 3 is 2.48 bits per heavy atom. The lowest BCUT2D eigenvalue weighted by Crippen LogP contribution is -1.94. The highest BCUT2D eigenvalue weighted by molar-refractivity contribution is 6.31. The molecule has 6 heteroatoms. The van der Waals surface area contributed by atoms with Crippen LogP contribution in [0.3, 0.4) is 0 Å². The Morgan fingerprint density at radius 1 is 1.04 bits per heavy atom. The van der Waals surface area contributed by atoms with Crippen LogP contribution in [0.2, 0.25) is 5.02 Å². The number of aromatic carboxylic acids is 1. The number of hydrogen-bond donors (Lipinski definition) is 2. The fraction of sp³-hybridized carbons (Fsp3) is 0. The second kappa shape index (κ2) is 5.79. The number of furan rings is 1. The zero-order valence-corrected chi connectivity index (χ0v) is 13.5. The zero-order valence-electron chi connectivity index (χ0n) is 12.7. The molecule has 0 atom stereocenters. The zero-order chi connectivity index (χ0) is 17.6. The van der Waals surface area contributed by atoms with Gasteiger partial charge in [0.2, 0.25) is 0 Å². The van der Waals surface area contributed by atoms with Crippen molar-refractivity contribution in [3.05, 3.63) is 71.0 Å². The first kappa shape index (κ1) is 15.5. The lowest BCUT2D eigenvalue weighted by atomic mass is 10.1. The van der Waals surface area contributed by atoms with Crippen LogP contribution in [0.4, 0.5) is 4.39 Å². The maximum atomic E-state index is 13.9. The number of H-pyrrole nitrogens is 1. The number of halogens is 2. The molecule has 0 aliphatic heterocycles. The van der Waals surface area contributed by atoms with E-state index in [1.165, 1.54) is 18.2 Å². The molecule has 0 fully saturated rings. The van der Waals surface area contributed by atoms with Crippen molar-refractivity contribution in [3.8, 4) is 22.7 Å². The van der Waals surface area contributed by atoms with Gasteiger partial charge in [0.15, 0.2) is 17.2 Å². The molecule has 0 amide bonds. The second-order valence-electron chi connectivity index (χ2n) is 5.58. The Balaban J connectivity index is 1.71. The Kier molecular flexibility index (Phi) is 3.58. The average Bonchev–Trinajstić information content (AvgIpc) is 3.21. The number of benzene rings is 2. The van der Waals surface area contributed by atoms with E-state index < -0.39 is 11.8 Å². The summed E-state index contributed by atoms with van der Waals surface area (Å²) < 4.78 is 19.5. The van der Waals surface area contributed by atoms with Crippen LogP contribution < -0.4 is 0 Å². The SMILES string of the molecule is O=C(O)c1ccc(-c2ccc(-c3cc4cc(Cl)cc(F)c4o3)[nH]2)cc1. The molecule has 0 saturated heterocycles. The molecule has 0 saturated carbocycles. The minimum atomic E-state index is -0.971. The number of fused-ring (bicyclic) bond motifs is 1. The molecule has 0 bridgehead atoms. The van der Waals surface area contributed by atoms with E-state index in [-0.39, 0.29) is 11.1 Å².